The summed E-state index contributed by atoms with van der Waals surface area (Å²) in [5.41, 5.74) is -1.11. The molecule has 4 N–H and O–H groups in total. The number of ketones is 1. The fourth-order valence-electron chi connectivity index (χ4n) is 4.47. The molecule has 2 aliphatic carbocycles. The highest BCUT2D eigenvalue weighted by molar-refractivity contribution is 5.93. The van der Waals surface area contributed by atoms with Crippen molar-refractivity contribution in [1.82, 2.24) is 0 Å². The minimum atomic E-state index is -1.47. The lowest BCUT2D eigenvalue weighted by atomic mass is 9.89. The number of aliphatic hydroxyl groups is 4. The highest BCUT2D eigenvalue weighted by Crippen LogP contribution is 2.70. The zero-order valence-corrected chi connectivity index (χ0v) is 13.7. The number of fused-ring (bicyclic) bond motifs is 1. The number of hydrogen-bond donors (Lipinski definition) is 4. The van der Waals surface area contributed by atoms with E-state index >= 15 is 0 Å². The number of hydrogen-bond acceptors (Lipinski definition) is 7. The highest BCUT2D eigenvalue weighted by atomic mass is 16.7. The van der Waals surface area contributed by atoms with Gasteiger partial charge in [-0.15, -0.1) is 0 Å². The van der Waals surface area contributed by atoms with Crippen molar-refractivity contribution >= 4 is 5.78 Å². The van der Waals surface area contributed by atoms with Gasteiger partial charge in [-0.25, -0.2) is 0 Å². The van der Waals surface area contributed by atoms with Crippen LogP contribution >= 0.6 is 0 Å². The number of ether oxygens (including phenoxy) is 2. The van der Waals surface area contributed by atoms with E-state index in [0.717, 1.165) is 6.42 Å². The van der Waals surface area contributed by atoms with Crippen LogP contribution in [0.3, 0.4) is 0 Å². The quantitative estimate of drug-likeness (QED) is 0.533. The van der Waals surface area contributed by atoms with Gasteiger partial charge in [0.2, 0.25) is 0 Å². The predicted molar refractivity (Wildman–Crippen MR) is 78.3 cm³/mol. The minimum Gasteiger partial charge on any atom is -0.394 e. The van der Waals surface area contributed by atoms with Crippen molar-refractivity contribution in [1.29, 1.82) is 0 Å². The normalized spacial score (nSPS) is 52.8. The molecule has 3 rings (SSSR count). The summed E-state index contributed by atoms with van der Waals surface area (Å²) >= 11 is 0. The van der Waals surface area contributed by atoms with E-state index in [0.29, 0.717) is 0 Å². The molecule has 3 unspecified atom stereocenters. The molecule has 7 nitrogen and oxygen atoms in total. The van der Waals surface area contributed by atoms with Gasteiger partial charge in [-0.05, 0) is 19.3 Å². The van der Waals surface area contributed by atoms with Gasteiger partial charge >= 0.3 is 0 Å². The maximum Gasteiger partial charge on any atom is 0.187 e. The standard InChI is InChI=1S/C16H26O7/c1-7(2)16-4-9(16)15(3,5-10(16)18)23-14-13(21)12(20)11(19)8(6-17)22-14/h7-9,11-14,17,19-21H,4-6H2,1-3H3/t8-,9?,11-,12+,13-,14+,15?,16?/m1/s1. The number of carbonyl (C=O) groups is 1. The summed E-state index contributed by atoms with van der Waals surface area (Å²) in [5, 5.41) is 39.0. The smallest absolute Gasteiger partial charge is 0.187 e. The van der Waals surface area contributed by atoms with Gasteiger partial charge in [0.05, 0.1) is 12.2 Å². The van der Waals surface area contributed by atoms with Crippen LogP contribution in [0.4, 0.5) is 0 Å². The number of aliphatic hydroxyl groups excluding tert-OH is 4. The predicted octanol–water partition coefficient (Wildman–Crippen LogP) is -0.803. The van der Waals surface area contributed by atoms with Crippen LogP contribution in [0.15, 0.2) is 0 Å². The summed E-state index contributed by atoms with van der Waals surface area (Å²) in [6.07, 6.45) is -5.51. The fraction of sp³-hybridized carbons (Fsp3) is 0.938. The third kappa shape index (κ3) is 2.37. The van der Waals surface area contributed by atoms with Crippen LogP contribution < -0.4 is 0 Å². The van der Waals surface area contributed by atoms with E-state index in [-0.39, 0.29) is 29.5 Å². The molecule has 0 aromatic carbocycles. The molecule has 0 aromatic heterocycles. The molecule has 0 amide bonds. The monoisotopic (exact) mass is 330 g/mol. The Morgan fingerprint density at radius 1 is 1.26 bits per heavy atom. The number of carbonyl (C=O) groups excluding carboxylic acids is 1. The molecule has 3 fully saturated rings. The molecule has 132 valence electrons. The average molecular weight is 330 g/mol. The Labute approximate surface area is 135 Å². The van der Waals surface area contributed by atoms with Crippen molar-refractivity contribution in [3.8, 4) is 0 Å². The lowest BCUT2D eigenvalue weighted by molar-refractivity contribution is -0.326. The van der Waals surface area contributed by atoms with Crippen molar-refractivity contribution in [3.63, 3.8) is 0 Å². The summed E-state index contributed by atoms with van der Waals surface area (Å²) in [6.45, 7) is 5.38. The van der Waals surface area contributed by atoms with Gasteiger partial charge in [0.1, 0.15) is 30.2 Å². The number of rotatable bonds is 4. The van der Waals surface area contributed by atoms with Gasteiger partial charge in [-0.2, -0.15) is 0 Å². The SMILES string of the molecule is CC(C)C12CC1C(C)(O[C@@H]1O[C@H](CO)[C@@H](O)[C@H](O)[C@H]1O)CC2=O. The molecule has 0 aromatic rings. The van der Waals surface area contributed by atoms with Gasteiger partial charge < -0.3 is 29.9 Å². The summed E-state index contributed by atoms with van der Waals surface area (Å²) in [6, 6.07) is 0. The van der Waals surface area contributed by atoms with Crippen LogP contribution in [0.25, 0.3) is 0 Å². The maximum atomic E-state index is 12.4. The van der Waals surface area contributed by atoms with Crippen molar-refractivity contribution in [3.05, 3.63) is 0 Å². The van der Waals surface area contributed by atoms with Crippen LogP contribution in [0, 0.1) is 17.3 Å². The van der Waals surface area contributed by atoms with Crippen molar-refractivity contribution in [2.45, 2.75) is 69.9 Å². The molecule has 23 heavy (non-hydrogen) atoms. The second kappa shape index (κ2) is 5.47. The molecule has 0 bridgehead atoms. The van der Waals surface area contributed by atoms with E-state index in [1.54, 1.807) is 0 Å². The molecule has 7 heteroatoms. The molecule has 1 saturated heterocycles. The van der Waals surface area contributed by atoms with Gasteiger partial charge in [0.15, 0.2) is 6.29 Å². The number of Topliss-reactive ketones (excluding diaryl/α,β-unsaturated/α-hetero) is 1. The minimum absolute atomic E-state index is 0.0647. The Kier molecular flexibility index (Phi) is 4.11. The van der Waals surface area contributed by atoms with E-state index in [4.69, 9.17) is 9.47 Å². The second-order valence-electron chi connectivity index (χ2n) is 7.68. The Hall–Kier alpha value is -0.570. The van der Waals surface area contributed by atoms with Gasteiger partial charge in [-0.1, -0.05) is 13.8 Å². The second-order valence-corrected chi connectivity index (χ2v) is 7.68. The fourth-order valence-corrected chi connectivity index (χ4v) is 4.47. The van der Waals surface area contributed by atoms with Gasteiger partial charge in [-0.3, -0.25) is 4.79 Å². The molecule has 3 aliphatic rings. The summed E-state index contributed by atoms with van der Waals surface area (Å²) in [5.74, 6) is 0.458. The van der Waals surface area contributed by atoms with E-state index in [1.807, 2.05) is 20.8 Å². The van der Waals surface area contributed by atoms with E-state index < -0.39 is 42.9 Å². The van der Waals surface area contributed by atoms with Crippen LogP contribution in [0.2, 0.25) is 0 Å². The first kappa shape index (κ1) is 17.3. The average Bonchev–Trinajstić information content (AvgIpc) is 3.21. The lowest BCUT2D eigenvalue weighted by Gasteiger charge is -2.42. The largest absolute Gasteiger partial charge is 0.394 e. The molecule has 8 atom stereocenters. The summed E-state index contributed by atoms with van der Waals surface area (Å²) in [7, 11) is 0. The van der Waals surface area contributed by atoms with Crippen LogP contribution in [0.5, 0.6) is 0 Å². The molecular formula is C16H26O7. The molecule has 0 radical (unpaired) electrons. The molecule has 1 heterocycles. The Bertz CT molecular complexity index is 493. The van der Waals surface area contributed by atoms with Crippen molar-refractivity contribution in [2.24, 2.45) is 17.3 Å². The Morgan fingerprint density at radius 3 is 2.39 bits per heavy atom. The van der Waals surface area contributed by atoms with E-state index in [1.165, 1.54) is 0 Å². The zero-order valence-electron chi connectivity index (χ0n) is 13.7. The lowest BCUT2D eigenvalue weighted by Crippen LogP contribution is -2.60. The van der Waals surface area contributed by atoms with Crippen LogP contribution in [-0.4, -0.2) is 69.1 Å². The topological polar surface area (TPSA) is 116 Å². The van der Waals surface area contributed by atoms with Gasteiger partial charge in [0.25, 0.3) is 0 Å². The van der Waals surface area contributed by atoms with E-state index in [9.17, 15) is 25.2 Å². The highest BCUT2D eigenvalue weighted by Gasteiger charge is 2.74. The molecule has 0 spiro atoms. The van der Waals surface area contributed by atoms with Crippen molar-refractivity contribution < 1.29 is 34.7 Å². The van der Waals surface area contributed by atoms with Gasteiger partial charge in [0, 0.05) is 17.8 Å². The Morgan fingerprint density at radius 2 is 1.91 bits per heavy atom. The third-order valence-electron chi connectivity index (χ3n) is 6.04. The maximum absolute atomic E-state index is 12.4. The zero-order chi connectivity index (χ0) is 17.2. The summed E-state index contributed by atoms with van der Waals surface area (Å²) < 4.78 is 11.3. The third-order valence-corrected chi connectivity index (χ3v) is 6.04. The molecule has 2 saturated carbocycles. The summed E-state index contributed by atoms with van der Waals surface area (Å²) in [4.78, 5) is 12.4. The first-order chi connectivity index (χ1) is 10.7. The van der Waals surface area contributed by atoms with Crippen molar-refractivity contribution in [2.75, 3.05) is 6.61 Å². The van der Waals surface area contributed by atoms with E-state index in [2.05, 4.69) is 0 Å². The first-order valence-electron chi connectivity index (χ1n) is 8.19. The Balaban J connectivity index is 1.76. The molecular weight excluding hydrogens is 304 g/mol. The van der Waals surface area contributed by atoms with Crippen LogP contribution in [0.1, 0.15) is 33.6 Å². The first-order valence-corrected chi connectivity index (χ1v) is 8.19. The van der Waals surface area contributed by atoms with Crippen LogP contribution in [-0.2, 0) is 14.3 Å². The molecule has 1 aliphatic heterocycles.